The zero-order valence-corrected chi connectivity index (χ0v) is 16.7. The molecule has 0 bridgehead atoms. The number of amides is 1. The predicted molar refractivity (Wildman–Crippen MR) is 106 cm³/mol. The van der Waals surface area contributed by atoms with E-state index in [0.717, 1.165) is 18.4 Å². The summed E-state index contributed by atoms with van der Waals surface area (Å²) in [6.07, 6.45) is 1.91. The van der Waals surface area contributed by atoms with Crippen molar-refractivity contribution in [3.63, 3.8) is 0 Å². The molecular weight excluding hydrogens is 394 g/mol. The molecule has 152 valence electrons. The zero-order valence-electron chi connectivity index (χ0n) is 15.9. The minimum atomic E-state index is -3.79. The molecule has 2 aromatic carbocycles. The summed E-state index contributed by atoms with van der Waals surface area (Å²) in [5, 5.41) is 4.27. The summed E-state index contributed by atoms with van der Waals surface area (Å²) in [7, 11) is -2.24. The summed E-state index contributed by atoms with van der Waals surface area (Å²) in [5.74, 6) is 0.415. The third kappa shape index (κ3) is 3.96. The first-order valence-electron chi connectivity index (χ1n) is 9.29. The van der Waals surface area contributed by atoms with Crippen LogP contribution in [0.2, 0.25) is 0 Å². The predicted octanol–water partition coefficient (Wildman–Crippen LogP) is 2.55. The molecule has 0 spiro atoms. The van der Waals surface area contributed by atoms with Gasteiger partial charge in [-0.3, -0.25) is 4.79 Å². The molecule has 4 rings (SSSR count). The Bertz CT molecular complexity index is 1150. The number of methoxy groups -OCH3 is 1. The smallest absolute Gasteiger partial charge is 0.276 e. The molecule has 1 aliphatic heterocycles. The molecule has 1 fully saturated rings. The molecule has 1 N–H and O–H groups in total. The molecule has 2 heterocycles. The fourth-order valence-corrected chi connectivity index (χ4v) is 4.40. The molecule has 0 saturated carbocycles. The molecule has 8 nitrogen and oxygen atoms in total. The second-order valence-electron chi connectivity index (χ2n) is 6.86. The highest BCUT2D eigenvalue weighted by Gasteiger charge is 2.26. The summed E-state index contributed by atoms with van der Waals surface area (Å²) in [4.78, 5) is 14.4. The average Bonchev–Trinajstić information content (AvgIpc) is 3.41. The van der Waals surface area contributed by atoms with Gasteiger partial charge in [0.15, 0.2) is 11.3 Å². The largest absolute Gasteiger partial charge is 0.497 e. The maximum Gasteiger partial charge on any atom is 0.276 e. The lowest BCUT2D eigenvalue weighted by Gasteiger charge is -2.13. The fraction of sp³-hybridized carbons (Fsp3) is 0.300. The van der Waals surface area contributed by atoms with E-state index in [1.54, 1.807) is 36.3 Å². The van der Waals surface area contributed by atoms with E-state index >= 15 is 0 Å². The number of likely N-dealkylation sites (tertiary alicyclic amines) is 1. The van der Waals surface area contributed by atoms with Crippen LogP contribution < -0.4 is 9.46 Å². The van der Waals surface area contributed by atoms with Crippen LogP contribution in [0.3, 0.4) is 0 Å². The number of hydrogen-bond acceptors (Lipinski definition) is 6. The number of nitrogens with zero attached hydrogens (tertiary/aromatic N) is 2. The van der Waals surface area contributed by atoms with Gasteiger partial charge >= 0.3 is 0 Å². The van der Waals surface area contributed by atoms with Crippen molar-refractivity contribution < 1.29 is 22.5 Å². The van der Waals surface area contributed by atoms with Crippen LogP contribution in [0, 0.1) is 0 Å². The van der Waals surface area contributed by atoms with Gasteiger partial charge in [0.2, 0.25) is 10.0 Å². The third-order valence-corrected chi connectivity index (χ3v) is 6.35. The van der Waals surface area contributed by atoms with Gasteiger partial charge in [-0.15, -0.1) is 0 Å². The van der Waals surface area contributed by atoms with Crippen LogP contribution in [0.1, 0.15) is 28.9 Å². The summed E-state index contributed by atoms with van der Waals surface area (Å²) >= 11 is 0. The monoisotopic (exact) mass is 415 g/mol. The van der Waals surface area contributed by atoms with Crippen LogP contribution in [0.25, 0.3) is 11.0 Å². The zero-order chi connectivity index (χ0) is 20.4. The van der Waals surface area contributed by atoms with Gasteiger partial charge in [-0.1, -0.05) is 17.3 Å². The summed E-state index contributed by atoms with van der Waals surface area (Å²) in [5.41, 5.74) is 1.29. The number of nitrogens with one attached hydrogen (secondary N) is 1. The van der Waals surface area contributed by atoms with Gasteiger partial charge in [-0.05, 0) is 48.7 Å². The van der Waals surface area contributed by atoms with Crippen LogP contribution in [-0.2, 0) is 16.6 Å². The number of carbonyl (C=O) groups excluding carboxylic acids is 1. The van der Waals surface area contributed by atoms with Gasteiger partial charge < -0.3 is 14.2 Å². The fourth-order valence-electron chi connectivity index (χ4n) is 3.35. The van der Waals surface area contributed by atoms with Crippen molar-refractivity contribution in [1.82, 2.24) is 14.8 Å². The highest BCUT2D eigenvalue weighted by Crippen LogP contribution is 2.25. The average molecular weight is 415 g/mol. The maximum atomic E-state index is 12.8. The third-order valence-electron chi connectivity index (χ3n) is 4.95. The molecule has 0 radical (unpaired) electrons. The van der Waals surface area contributed by atoms with Crippen LogP contribution in [0.4, 0.5) is 0 Å². The first-order chi connectivity index (χ1) is 14.0. The van der Waals surface area contributed by atoms with Crippen molar-refractivity contribution >= 4 is 26.9 Å². The Morgan fingerprint density at radius 3 is 2.76 bits per heavy atom. The van der Waals surface area contributed by atoms with Crippen LogP contribution in [0.15, 0.2) is 51.9 Å². The lowest BCUT2D eigenvalue weighted by atomic mass is 10.2. The molecule has 29 heavy (non-hydrogen) atoms. The minimum absolute atomic E-state index is 0.0477. The Morgan fingerprint density at radius 2 is 2.00 bits per heavy atom. The number of rotatable bonds is 6. The van der Waals surface area contributed by atoms with E-state index in [9.17, 15) is 13.2 Å². The molecule has 1 amide bonds. The Morgan fingerprint density at radius 1 is 1.21 bits per heavy atom. The summed E-state index contributed by atoms with van der Waals surface area (Å²) < 4.78 is 38.5. The number of carbonyl (C=O) groups is 1. The Hall–Kier alpha value is -2.91. The SMILES string of the molecule is COc1cccc(CNS(=O)(=O)c2ccc3onc(C(=O)N4CCCC4)c3c2)c1. The quantitative estimate of drug-likeness (QED) is 0.664. The van der Waals surface area contributed by atoms with E-state index in [1.807, 2.05) is 0 Å². The number of ether oxygens (including phenoxy) is 1. The topological polar surface area (TPSA) is 102 Å². The summed E-state index contributed by atoms with van der Waals surface area (Å²) in [6, 6.07) is 11.5. The van der Waals surface area contributed by atoms with Crippen LogP contribution >= 0.6 is 0 Å². The van der Waals surface area contributed by atoms with Gasteiger partial charge in [0.25, 0.3) is 5.91 Å². The molecule has 0 atom stereocenters. The molecule has 0 unspecified atom stereocenters. The normalized spacial score (nSPS) is 14.4. The standard InChI is InChI=1S/C20H21N3O5S/c1-27-15-6-4-5-14(11-15)13-21-29(25,26)16-7-8-18-17(12-16)19(22-28-18)20(24)23-9-2-3-10-23/h4-8,11-12,21H,2-3,9-10,13H2,1H3. The van der Waals surface area contributed by atoms with Crippen LogP contribution in [0.5, 0.6) is 5.75 Å². The van der Waals surface area contributed by atoms with E-state index in [-0.39, 0.29) is 23.0 Å². The van der Waals surface area contributed by atoms with Crippen molar-refractivity contribution in [2.24, 2.45) is 0 Å². The maximum absolute atomic E-state index is 12.8. The number of sulfonamides is 1. The number of hydrogen-bond donors (Lipinski definition) is 1. The summed E-state index contributed by atoms with van der Waals surface area (Å²) in [6.45, 7) is 1.46. The molecule has 1 saturated heterocycles. The Balaban J connectivity index is 1.59. The second kappa shape index (κ2) is 7.84. The Labute approximate surface area is 168 Å². The first kappa shape index (κ1) is 19.4. The Kier molecular flexibility index (Phi) is 5.25. The van der Waals surface area contributed by atoms with E-state index in [4.69, 9.17) is 9.26 Å². The molecule has 1 aromatic heterocycles. The van der Waals surface area contributed by atoms with E-state index in [0.29, 0.717) is 29.8 Å². The highest BCUT2D eigenvalue weighted by atomic mass is 32.2. The van der Waals surface area contributed by atoms with Gasteiger partial charge in [-0.25, -0.2) is 13.1 Å². The number of benzene rings is 2. The molecule has 9 heteroatoms. The van der Waals surface area contributed by atoms with E-state index < -0.39 is 10.0 Å². The lowest BCUT2D eigenvalue weighted by Crippen LogP contribution is -2.28. The van der Waals surface area contributed by atoms with Crippen molar-refractivity contribution in [2.75, 3.05) is 20.2 Å². The van der Waals surface area contributed by atoms with E-state index in [1.165, 1.54) is 18.2 Å². The molecular formula is C20H21N3O5S. The lowest BCUT2D eigenvalue weighted by molar-refractivity contribution is 0.0784. The highest BCUT2D eigenvalue weighted by molar-refractivity contribution is 7.89. The van der Waals surface area contributed by atoms with Gasteiger partial charge in [-0.2, -0.15) is 0 Å². The van der Waals surface area contributed by atoms with Crippen molar-refractivity contribution in [3.05, 3.63) is 53.7 Å². The van der Waals surface area contributed by atoms with Gasteiger partial charge in [0.1, 0.15) is 5.75 Å². The minimum Gasteiger partial charge on any atom is -0.497 e. The van der Waals surface area contributed by atoms with Crippen molar-refractivity contribution in [1.29, 1.82) is 0 Å². The van der Waals surface area contributed by atoms with Gasteiger partial charge in [0, 0.05) is 19.6 Å². The number of fused-ring (bicyclic) bond motifs is 1. The molecule has 0 aliphatic carbocycles. The van der Waals surface area contributed by atoms with Gasteiger partial charge in [0.05, 0.1) is 17.4 Å². The first-order valence-corrected chi connectivity index (χ1v) is 10.8. The molecule has 3 aromatic rings. The number of aromatic nitrogens is 1. The van der Waals surface area contributed by atoms with E-state index in [2.05, 4.69) is 9.88 Å². The van der Waals surface area contributed by atoms with Crippen LogP contribution in [-0.4, -0.2) is 44.6 Å². The van der Waals surface area contributed by atoms with Crippen molar-refractivity contribution in [3.8, 4) is 5.75 Å². The van der Waals surface area contributed by atoms with Crippen molar-refractivity contribution in [2.45, 2.75) is 24.3 Å². The molecule has 1 aliphatic rings. The second-order valence-corrected chi connectivity index (χ2v) is 8.63.